The summed E-state index contributed by atoms with van der Waals surface area (Å²) in [6.07, 6.45) is 2.71. The maximum Gasteiger partial charge on any atom is 0.0713 e. The number of methoxy groups -OCH3 is 1. The van der Waals surface area contributed by atoms with Crippen molar-refractivity contribution in [2.45, 2.75) is 31.5 Å². The van der Waals surface area contributed by atoms with Crippen LogP contribution in [-0.2, 0) is 11.3 Å². The first-order valence-electron chi connectivity index (χ1n) is 8.07. The normalized spacial score (nSPS) is 25.0. The largest absolute Gasteiger partial charge is 0.380 e. The maximum absolute atomic E-state index is 6.09. The van der Waals surface area contributed by atoms with E-state index in [1.165, 1.54) is 43.6 Å². The van der Waals surface area contributed by atoms with E-state index >= 15 is 0 Å². The molecule has 0 radical (unpaired) electrons. The maximum atomic E-state index is 6.09. The van der Waals surface area contributed by atoms with Crippen molar-refractivity contribution >= 4 is 0 Å². The standard InChI is InChI=1S/C17H27N3O/c1-21-13-14-4-6-15(7-5-14)17(11-18)20-10-9-19-8-2-3-16(19)12-20/h4-7,16-17H,2-3,8-13,18H2,1H3. The monoisotopic (exact) mass is 289 g/mol. The van der Waals surface area contributed by atoms with Crippen LogP contribution in [0.25, 0.3) is 0 Å². The third kappa shape index (κ3) is 3.29. The fraction of sp³-hybridized carbons (Fsp3) is 0.647. The van der Waals surface area contributed by atoms with Crippen LogP contribution in [0.1, 0.15) is 30.0 Å². The van der Waals surface area contributed by atoms with Crippen LogP contribution >= 0.6 is 0 Å². The van der Waals surface area contributed by atoms with E-state index in [1.54, 1.807) is 7.11 Å². The molecule has 0 saturated carbocycles. The van der Waals surface area contributed by atoms with Crippen molar-refractivity contribution in [3.8, 4) is 0 Å². The van der Waals surface area contributed by atoms with Gasteiger partial charge in [0.15, 0.2) is 0 Å². The Bertz CT molecular complexity index is 448. The molecule has 0 aliphatic carbocycles. The molecular formula is C17H27N3O. The first kappa shape index (κ1) is 15.0. The minimum atomic E-state index is 0.351. The lowest BCUT2D eigenvalue weighted by molar-refractivity contribution is 0.0737. The van der Waals surface area contributed by atoms with Crippen LogP contribution in [0.5, 0.6) is 0 Å². The highest BCUT2D eigenvalue weighted by Crippen LogP contribution is 2.27. The first-order chi connectivity index (χ1) is 10.3. The summed E-state index contributed by atoms with van der Waals surface area (Å²) in [5.41, 5.74) is 8.65. The molecule has 4 heteroatoms. The Hall–Kier alpha value is -0.940. The van der Waals surface area contributed by atoms with Gasteiger partial charge in [-0.3, -0.25) is 9.80 Å². The second-order valence-electron chi connectivity index (χ2n) is 6.25. The van der Waals surface area contributed by atoms with Gasteiger partial charge in [0.25, 0.3) is 0 Å². The molecule has 2 N–H and O–H groups in total. The minimum Gasteiger partial charge on any atom is -0.380 e. The number of piperazine rings is 1. The second kappa shape index (κ2) is 6.88. The number of benzene rings is 1. The van der Waals surface area contributed by atoms with Gasteiger partial charge in [-0.1, -0.05) is 24.3 Å². The summed E-state index contributed by atoms with van der Waals surface area (Å²) < 4.78 is 5.18. The van der Waals surface area contributed by atoms with Crippen molar-refractivity contribution in [3.63, 3.8) is 0 Å². The Morgan fingerprint density at radius 3 is 2.76 bits per heavy atom. The first-order valence-corrected chi connectivity index (χ1v) is 8.07. The fourth-order valence-corrected chi connectivity index (χ4v) is 3.80. The lowest BCUT2D eigenvalue weighted by Crippen LogP contribution is -2.52. The average molecular weight is 289 g/mol. The Kier molecular flexibility index (Phi) is 4.91. The van der Waals surface area contributed by atoms with Crippen molar-refractivity contribution in [3.05, 3.63) is 35.4 Å². The van der Waals surface area contributed by atoms with Crippen LogP contribution in [0.15, 0.2) is 24.3 Å². The van der Waals surface area contributed by atoms with Crippen molar-refractivity contribution in [1.29, 1.82) is 0 Å². The molecule has 2 aliphatic heterocycles. The van der Waals surface area contributed by atoms with Gasteiger partial charge < -0.3 is 10.5 Å². The zero-order valence-corrected chi connectivity index (χ0v) is 13.0. The van der Waals surface area contributed by atoms with Crippen LogP contribution in [0.2, 0.25) is 0 Å². The molecular weight excluding hydrogens is 262 g/mol. The third-order valence-corrected chi connectivity index (χ3v) is 4.96. The molecule has 2 unspecified atom stereocenters. The van der Waals surface area contributed by atoms with Crippen molar-refractivity contribution in [1.82, 2.24) is 9.80 Å². The van der Waals surface area contributed by atoms with Gasteiger partial charge in [0.1, 0.15) is 0 Å². The van der Waals surface area contributed by atoms with E-state index in [2.05, 4.69) is 34.1 Å². The lowest BCUT2D eigenvalue weighted by Gasteiger charge is -2.41. The van der Waals surface area contributed by atoms with E-state index < -0.39 is 0 Å². The van der Waals surface area contributed by atoms with Crippen LogP contribution in [-0.4, -0.2) is 55.7 Å². The zero-order valence-electron chi connectivity index (χ0n) is 13.0. The van der Waals surface area contributed by atoms with Gasteiger partial charge in [-0.25, -0.2) is 0 Å². The van der Waals surface area contributed by atoms with Gasteiger partial charge in [-0.2, -0.15) is 0 Å². The predicted molar refractivity (Wildman–Crippen MR) is 85.1 cm³/mol. The van der Waals surface area contributed by atoms with Gasteiger partial charge in [0.05, 0.1) is 6.61 Å². The Balaban J connectivity index is 1.69. The number of ether oxygens (including phenoxy) is 1. The number of fused-ring (bicyclic) bond motifs is 1. The summed E-state index contributed by atoms with van der Waals surface area (Å²) in [7, 11) is 1.73. The van der Waals surface area contributed by atoms with E-state index in [0.29, 0.717) is 19.2 Å². The van der Waals surface area contributed by atoms with Gasteiger partial charge in [0.2, 0.25) is 0 Å². The fourth-order valence-electron chi connectivity index (χ4n) is 3.80. The quantitative estimate of drug-likeness (QED) is 0.894. The number of nitrogens with zero attached hydrogens (tertiary/aromatic N) is 2. The highest BCUT2D eigenvalue weighted by molar-refractivity contribution is 5.25. The molecule has 116 valence electrons. The molecule has 2 heterocycles. The summed E-state index contributed by atoms with van der Waals surface area (Å²) in [6, 6.07) is 9.85. The van der Waals surface area contributed by atoms with Crippen molar-refractivity contribution in [2.24, 2.45) is 5.73 Å². The average Bonchev–Trinajstić information content (AvgIpc) is 2.98. The molecule has 2 saturated heterocycles. The number of hydrogen-bond donors (Lipinski definition) is 1. The molecule has 2 fully saturated rings. The molecule has 3 rings (SSSR count). The number of nitrogens with two attached hydrogens (primary N) is 1. The van der Waals surface area contributed by atoms with Gasteiger partial charge in [0, 0.05) is 45.4 Å². The molecule has 1 aromatic rings. The van der Waals surface area contributed by atoms with Crippen LogP contribution < -0.4 is 5.73 Å². The van der Waals surface area contributed by atoms with E-state index in [-0.39, 0.29) is 0 Å². The smallest absolute Gasteiger partial charge is 0.0713 e. The minimum absolute atomic E-state index is 0.351. The number of rotatable bonds is 5. The molecule has 2 aliphatic rings. The summed E-state index contributed by atoms with van der Waals surface area (Å²) in [4.78, 5) is 5.23. The van der Waals surface area contributed by atoms with Crippen LogP contribution in [0.3, 0.4) is 0 Å². The molecule has 4 nitrogen and oxygen atoms in total. The van der Waals surface area contributed by atoms with Crippen molar-refractivity contribution in [2.75, 3.05) is 39.8 Å². The summed E-state index contributed by atoms with van der Waals surface area (Å²) in [5, 5.41) is 0. The van der Waals surface area contributed by atoms with Gasteiger partial charge >= 0.3 is 0 Å². The summed E-state index contributed by atoms with van der Waals surface area (Å²) in [5.74, 6) is 0. The van der Waals surface area contributed by atoms with Crippen LogP contribution in [0, 0.1) is 0 Å². The topological polar surface area (TPSA) is 41.7 Å². The number of hydrogen-bond acceptors (Lipinski definition) is 4. The lowest BCUT2D eigenvalue weighted by atomic mass is 10.0. The van der Waals surface area contributed by atoms with E-state index in [4.69, 9.17) is 10.5 Å². The van der Waals surface area contributed by atoms with E-state index in [1.807, 2.05) is 0 Å². The second-order valence-corrected chi connectivity index (χ2v) is 6.25. The SMILES string of the molecule is COCc1ccc(C(CN)N2CCN3CCCC3C2)cc1. The molecule has 0 spiro atoms. The van der Waals surface area contributed by atoms with Crippen molar-refractivity contribution < 1.29 is 4.74 Å². The highest BCUT2D eigenvalue weighted by atomic mass is 16.5. The van der Waals surface area contributed by atoms with E-state index in [0.717, 1.165) is 12.6 Å². The Morgan fingerprint density at radius 2 is 2.05 bits per heavy atom. The zero-order chi connectivity index (χ0) is 14.7. The van der Waals surface area contributed by atoms with Gasteiger partial charge in [-0.15, -0.1) is 0 Å². The molecule has 0 amide bonds. The summed E-state index contributed by atoms with van der Waals surface area (Å²) in [6.45, 7) is 6.16. The van der Waals surface area contributed by atoms with Gasteiger partial charge in [-0.05, 0) is 30.5 Å². The van der Waals surface area contributed by atoms with E-state index in [9.17, 15) is 0 Å². The molecule has 1 aromatic carbocycles. The molecule has 0 aromatic heterocycles. The Morgan fingerprint density at radius 1 is 1.24 bits per heavy atom. The molecule has 2 atom stereocenters. The molecule has 21 heavy (non-hydrogen) atoms. The highest BCUT2D eigenvalue weighted by Gasteiger charge is 2.33. The molecule has 0 bridgehead atoms. The third-order valence-electron chi connectivity index (χ3n) is 4.96. The van der Waals surface area contributed by atoms with Crippen LogP contribution in [0.4, 0.5) is 0 Å². The predicted octanol–water partition coefficient (Wildman–Crippen LogP) is 1.61. The summed E-state index contributed by atoms with van der Waals surface area (Å²) >= 11 is 0. The Labute approximate surface area is 127 Å².